The standard InChI is InChI=1S/C6H8N4O2/c7-9(11)5-1-2-6(4-3-5)10(8)12/h1-4H,7-8H2/q-2. The SMILES string of the molecule is NN([O-])c1ccc(N(N)[O-])cc1. The Morgan fingerprint density at radius 1 is 0.833 bits per heavy atom. The predicted octanol–water partition coefficient (Wildman–Crippen LogP) is 0.0424. The highest BCUT2D eigenvalue weighted by Crippen LogP contribution is 2.16. The van der Waals surface area contributed by atoms with Gasteiger partial charge >= 0.3 is 0 Å². The van der Waals surface area contributed by atoms with Crippen molar-refractivity contribution in [3.05, 3.63) is 34.7 Å². The lowest BCUT2D eigenvalue weighted by Gasteiger charge is -2.27. The van der Waals surface area contributed by atoms with Crippen LogP contribution in [-0.4, -0.2) is 0 Å². The highest BCUT2D eigenvalue weighted by molar-refractivity contribution is 5.55. The first-order valence-electron chi connectivity index (χ1n) is 3.15. The maximum Gasteiger partial charge on any atom is 0.0404 e. The first-order chi connectivity index (χ1) is 5.61. The highest BCUT2D eigenvalue weighted by Gasteiger charge is 1.92. The van der Waals surface area contributed by atoms with Crippen LogP contribution in [0, 0.1) is 10.4 Å². The van der Waals surface area contributed by atoms with Crippen molar-refractivity contribution < 1.29 is 0 Å². The summed E-state index contributed by atoms with van der Waals surface area (Å²) in [6.45, 7) is 0. The van der Waals surface area contributed by atoms with E-state index in [9.17, 15) is 10.4 Å². The average molecular weight is 168 g/mol. The van der Waals surface area contributed by atoms with Gasteiger partial charge in [0.25, 0.3) is 0 Å². The van der Waals surface area contributed by atoms with E-state index in [2.05, 4.69) is 0 Å². The van der Waals surface area contributed by atoms with E-state index in [1.807, 2.05) is 0 Å². The van der Waals surface area contributed by atoms with Crippen LogP contribution >= 0.6 is 0 Å². The molecule has 0 saturated carbocycles. The van der Waals surface area contributed by atoms with Crippen molar-refractivity contribution in [3.8, 4) is 0 Å². The number of benzene rings is 1. The van der Waals surface area contributed by atoms with Gasteiger partial charge in [0.05, 0.1) is 0 Å². The number of nitrogens with zero attached hydrogens (tertiary/aromatic N) is 2. The Morgan fingerprint density at radius 2 is 1.08 bits per heavy atom. The van der Waals surface area contributed by atoms with E-state index >= 15 is 0 Å². The third-order valence-electron chi connectivity index (χ3n) is 1.36. The molecule has 12 heavy (non-hydrogen) atoms. The fraction of sp³-hybridized carbons (Fsp3) is 0. The van der Waals surface area contributed by atoms with E-state index in [0.717, 1.165) is 0 Å². The zero-order valence-corrected chi connectivity index (χ0v) is 6.18. The van der Waals surface area contributed by atoms with Crippen molar-refractivity contribution in [1.82, 2.24) is 0 Å². The minimum atomic E-state index is 0.204. The number of nitrogens with two attached hydrogens (primary N) is 2. The Balaban J connectivity index is 2.86. The Labute approximate surface area is 69.1 Å². The van der Waals surface area contributed by atoms with Crippen LogP contribution in [0.15, 0.2) is 24.3 Å². The fourth-order valence-electron chi connectivity index (χ4n) is 0.746. The smallest absolute Gasteiger partial charge is 0.0404 e. The van der Waals surface area contributed by atoms with Crippen molar-refractivity contribution >= 4 is 11.4 Å². The minimum Gasteiger partial charge on any atom is -0.743 e. The second kappa shape index (κ2) is 3.37. The largest absolute Gasteiger partial charge is 0.743 e. The van der Waals surface area contributed by atoms with Crippen LogP contribution in [-0.2, 0) is 0 Å². The summed E-state index contributed by atoms with van der Waals surface area (Å²) < 4.78 is 0. The van der Waals surface area contributed by atoms with Crippen LogP contribution in [0.5, 0.6) is 0 Å². The molecule has 0 aliphatic rings. The van der Waals surface area contributed by atoms with Gasteiger partial charge in [-0.1, -0.05) is 0 Å². The van der Waals surface area contributed by atoms with Gasteiger partial charge in [-0.2, -0.15) is 0 Å². The molecule has 0 aliphatic heterocycles. The molecule has 4 N–H and O–H groups in total. The van der Waals surface area contributed by atoms with Gasteiger partial charge in [0.1, 0.15) is 0 Å². The van der Waals surface area contributed by atoms with Crippen LogP contribution in [0.4, 0.5) is 11.4 Å². The average Bonchev–Trinajstić information content (AvgIpc) is 2.04. The third-order valence-corrected chi connectivity index (χ3v) is 1.36. The third kappa shape index (κ3) is 1.83. The fourth-order valence-corrected chi connectivity index (χ4v) is 0.746. The van der Waals surface area contributed by atoms with Crippen LogP contribution in [0.3, 0.4) is 0 Å². The van der Waals surface area contributed by atoms with E-state index in [1.54, 1.807) is 0 Å². The summed E-state index contributed by atoms with van der Waals surface area (Å²) in [5, 5.41) is 21.4. The van der Waals surface area contributed by atoms with Crippen molar-refractivity contribution in [2.75, 3.05) is 10.3 Å². The molecule has 0 fully saturated rings. The lowest BCUT2D eigenvalue weighted by Crippen LogP contribution is -2.24. The number of rotatable bonds is 2. The number of hydrogen-bond acceptors (Lipinski definition) is 6. The lowest BCUT2D eigenvalue weighted by atomic mass is 10.3. The quantitative estimate of drug-likeness (QED) is 0.477. The summed E-state index contributed by atoms with van der Waals surface area (Å²) in [6, 6.07) is 5.61. The number of hydrazine groups is 2. The monoisotopic (exact) mass is 168 g/mol. The normalized spacial score (nSPS) is 9.67. The molecule has 6 nitrogen and oxygen atoms in total. The molecule has 6 heteroatoms. The van der Waals surface area contributed by atoms with Crippen LogP contribution < -0.4 is 22.0 Å². The zero-order valence-electron chi connectivity index (χ0n) is 6.18. The zero-order chi connectivity index (χ0) is 9.14. The molecule has 0 spiro atoms. The van der Waals surface area contributed by atoms with Crippen molar-refractivity contribution in [1.29, 1.82) is 0 Å². The van der Waals surface area contributed by atoms with Crippen LogP contribution in [0.1, 0.15) is 0 Å². The summed E-state index contributed by atoms with van der Waals surface area (Å²) in [5.41, 5.74) is 0.529. The van der Waals surface area contributed by atoms with Gasteiger partial charge < -0.3 is 20.8 Å². The molecule has 0 atom stereocenters. The molecule has 0 unspecified atom stereocenters. The van der Waals surface area contributed by atoms with E-state index in [0.29, 0.717) is 0 Å². The van der Waals surface area contributed by atoms with Gasteiger partial charge in [-0.15, -0.1) is 0 Å². The molecule has 1 aromatic carbocycles. The van der Waals surface area contributed by atoms with Gasteiger partial charge in [-0.3, -0.25) is 11.7 Å². The molecule has 66 valence electrons. The summed E-state index contributed by atoms with van der Waals surface area (Å²) in [7, 11) is 0. The summed E-state index contributed by atoms with van der Waals surface area (Å²) in [5.74, 6) is 9.79. The van der Waals surface area contributed by atoms with Gasteiger partial charge in [0.2, 0.25) is 0 Å². The number of anilines is 2. The highest BCUT2D eigenvalue weighted by atomic mass is 16.5. The molecular weight excluding hydrogens is 160 g/mol. The summed E-state index contributed by atoms with van der Waals surface area (Å²) in [4.78, 5) is 0. The topological polar surface area (TPSA) is 105 Å². The van der Waals surface area contributed by atoms with Crippen molar-refractivity contribution in [2.24, 2.45) is 11.7 Å². The molecule has 1 aromatic rings. The molecule has 0 radical (unpaired) electrons. The lowest BCUT2D eigenvalue weighted by molar-refractivity contribution is 1.07. The van der Waals surface area contributed by atoms with E-state index in [1.165, 1.54) is 24.3 Å². The van der Waals surface area contributed by atoms with Crippen molar-refractivity contribution in [3.63, 3.8) is 0 Å². The first-order valence-corrected chi connectivity index (χ1v) is 3.15. The molecule has 0 amide bonds. The van der Waals surface area contributed by atoms with Crippen LogP contribution in [0.2, 0.25) is 0 Å². The summed E-state index contributed by atoms with van der Waals surface area (Å²) in [6.07, 6.45) is 0. The van der Waals surface area contributed by atoms with E-state index in [-0.39, 0.29) is 21.7 Å². The molecule has 0 saturated heterocycles. The Bertz CT molecular complexity index is 219. The van der Waals surface area contributed by atoms with E-state index in [4.69, 9.17) is 11.7 Å². The predicted molar refractivity (Wildman–Crippen MR) is 46.5 cm³/mol. The molecule has 0 bridgehead atoms. The first kappa shape index (κ1) is 8.75. The van der Waals surface area contributed by atoms with E-state index < -0.39 is 0 Å². The van der Waals surface area contributed by atoms with Gasteiger partial charge in [-0.05, 0) is 24.3 Å². The molecule has 0 aromatic heterocycles. The molecule has 0 heterocycles. The summed E-state index contributed by atoms with van der Waals surface area (Å²) >= 11 is 0. The number of hydrogen-bond donors (Lipinski definition) is 2. The maximum atomic E-state index is 10.5. The minimum absolute atomic E-state index is 0.204. The van der Waals surface area contributed by atoms with Crippen molar-refractivity contribution in [2.45, 2.75) is 0 Å². The Hall–Kier alpha value is -1.34. The molecule has 1 rings (SSSR count). The molecular formula is C6H8N4O2-2. The second-order valence-corrected chi connectivity index (χ2v) is 2.17. The molecule has 0 aliphatic carbocycles. The van der Waals surface area contributed by atoms with Gasteiger partial charge in [0, 0.05) is 11.4 Å². The van der Waals surface area contributed by atoms with Crippen LogP contribution in [0.25, 0.3) is 0 Å². The van der Waals surface area contributed by atoms with Gasteiger partial charge in [0.15, 0.2) is 0 Å². The van der Waals surface area contributed by atoms with Gasteiger partial charge in [-0.25, -0.2) is 0 Å². The second-order valence-electron chi connectivity index (χ2n) is 2.17. The Morgan fingerprint density at radius 3 is 1.25 bits per heavy atom. The Kier molecular flexibility index (Phi) is 2.46. The maximum absolute atomic E-state index is 10.5.